The number of nitrogens with one attached hydrogen (secondary N) is 1. The van der Waals surface area contributed by atoms with E-state index in [0.717, 1.165) is 19.3 Å². The molecule has 0 radical (unpaired) electrons. The minimum absolute atomic E-state index is 0.0361. The highest BCUT2D eigenvalue weighted by Gasteiger charge is 2.46. The summed E-state index contributed by atoms with van der Waals surface area (Å²) in [6, 6.07) is 8.80. The first-order valence-corrected chi connectivity index (χ1v) is 8.68. The molecular weight excluding hydrogens is 258 g/mol. The second-order valence-corrected chi connectivity index (χ2v) is 7.66. The van der Waals surface area contributed by atoms with Gasteiger partial charge in [-0.1, -0.05) is 51.5 Å². The van der Waals surface area contributed by atoms with Gasteiger partial charge >= 0.3 is 0 Å². The van der Waals surface area contributed by atoms with E-state index in [4.69, 9.17) is 0 Å². The van der Waals surface area contributed by atoms with Crippen molar-refractivity contribution in [1.82, 2.24) is 0 Å². The van der Waals surface area contributed by atoms with Crippen molar-refractivity contribution in [3.05, 3.63) is 40.6 Å². The van der Waals surface area contributed by atoms with Crippen LogP contribution in [0.5, 0.6) is 0 Å². The fraction of sp³-hybridized carbons (Fsp3) is 0.684. The molecule has 1 N–H and O–H groups in total. The van der Waals surface area contributed by atoms with Gasteiger partial charge in [-0.2, -0.15) is 0 Å². The van der Waals surface area contributed by atoms with Crippen LogP contribution in [0.15, 0.2) is 24.3 Å². The van der Waals surface area contributed by atoms with Gasteiger partial charge in [-0.15, -0.1) is 0 Å². The number of hydrogen-bond acceptors (Lipinski definition) is 1. The Labute approximate surface area is 129 Å². The van der Waals surface area contributed by atoms with E-state index in [1.807, 2.05) is 0 Å². The zero-order chi connectivity index (χ0) is 15.0. The van der Waals surface area contributed by atoms with E-state index in [0.29, 0.717) is 16.9 Å². The molecule has 0 aromatic heterocycles. The van der Waals surface area contributed by atoms with Crippen molar-refractivity contribution in [3.8, 4) is 0 Å². The summed E-state index contributed by atoms with van der Waals surface area (Å²) < 4.78 is 0. The van der Waals surface area contributed by atoms with E-state index >= 15 is 0 Å². The Balaban J connectivity index is 2.08. The van der Waals surface area contributed by atoms with Gasteiger partial charge in [0.25, 0.3) is 0 Å². The first-order valence-electron chi connectivity index (χ1n) is 8.68. The Morgan fingerprint density at radius 3 is 2.33 bits per heavy atom. The number of rotatable bonds is 1. The van der Waals surface area contributed by atoms with Crippen molar-refractivity contribution in [2.45, 2.75) is 76.8 Å². The molecule has 2 nitrogen and oxygen atoms in total. The van der Waals surface area contributed by atoms with E-state index < -0.39 is 0 Å². The molecule has 3 atom stereocenters. The Morgan fingerprint density at radius 1 is 1.10 bits per heavy atom. The molecule has 3 rings (SSSR count). The summed E-state index contributed by atoms with van der Waals surface area (Å²) in [5, 5.41) is 14.0. The number of hydrogen-bond donors (Lipinski definition) is 1. The van der Waals surface area contributed by atoms with Gasteiger partial charge in [0.05, 0.1) is 5.54 Å². The SMILES string of the molecule is CC(C)C1c2ccccc2[C@@H](C)CC2(CCCCC2)[NH+]1[O-]. The number of fused-ring (bicyclic) bond motifs is 1. The van der Waals surface area contributed by atoms with Gasteiger partial charge in [0.2, 0.25) is 0 Å². The van der Waals surface area contributed by atoms with Crippen LogP contribution in [0, 0.1) is 11.1 Å². The highest BCUT2D eigenvalue weighted by atomic mass is 16.5. The van der Waals surface area contributed by atoms with E-state index in [-0.39, 0.29) is 11.6 Å². The van der Waals surface area contributed by atoms with Crippen LogP contribution in [0.2, 0.25) is 0 Å². The molecule has 1 spiro atoms. The topological polar surface area (TPSA) is 27.5 Å². The van der Waals surface area contributed by atoms with Crippen molar-refractivity contribution in [1.29, 1.82) is 0 Å². The molecule has 116 valence electrons. The third-order valence-electron chi connectivity index (χ3n) is 5.84. The molecule has 0 bridgehead atoms. The lowest BCUT2D eigenvalue weighted by molar-refractivity contribution is -0.942. The van der Waals surface area contributed by atoms with Gasteiger partial charge in [0, 0.05) is 30.7 Å². The Hall–Kier alpha value is -0.860. The van der Waals surface area contributed by atoms with Crippen LogP contribution in [0.4, 0.5) is 0 Å². The quantitative estimate of drug-likeness (QED) is 0.777. The summed E-state index contributed by atoms with van der Waals surface area (Å²) in [6.45, 7) is 6.75. The predicted molar refractivity (Wildman–Crippen MR) is 87.2 cm³/mol. The van der Waals surface area contributed by atoms with Crippen molar-refractivity contribution >= 4 is 0 Å². The monoisotopic (exact) mass is 287 g/mol. The largest absolute Gasteiger partial charge is 0.633 e. The second-order valence-electron chi connectivity index (χ2n) is 7.66. The number of quaternary nitrogens is 1. The maximum absolute atomic E-state index is 13.5. The maximum atomic E-state index is 13.5. The van der Waals surface area contributed by atoms with E-state index in [1.165, 1.54) is 30.4 Å². The van der Waals surface area contributed by atoms with Crippen molar-refractivity contribution in [2.24, 2.45) is 5.92 Å². The third-order valence-corrected chi connectivity index (χ3v) is 5.84. The van der Waals surface area contributed by atoms with Crippen LogP contribution in [0.3, 0.4) is 0 Å². The first kappa shape index (κ1) is 15.1. The third kappa shape index (κ3) is 2.53. The molecule has 2 aliphatic rings. The summed E-state index contributed by atoms with van der Waals surface area (Å²) in [4.78, 5) is 0. The van der Waals surface area contributed by atoms with Gasteiger partial charge in [0.1, 0.15) is 6.04 Å². The minimum Gasteiger partial charge on any atom is -0.633 e. The highest BCUT2D eigenvalue weighted by Crippen LogP contribution is 2.41. The average Bonchev–Trinajstić information content (AvgIpc) is 2.55. The standard InChI is InChI=1S/C19H29NO/c1-14(2)18-17-10-6-5-9-16(17)15(3)13-19(20(18)21)11-7-4-8-12-19/h5-6,9-10,14-15,18,20H,4,7-8,11-13H2,1-3H3/t15-,18?/m0/s1. The minimum atomic E-state index is -0.0361. The summed E-state index contributed by atoms with van der Waals surface area (Å²) in [5.74, 6) is 0.898. The fourth-order valence-electron chi connectivity index (χ4n) is 4.85. The molecule has 1 aromatic rings. The molecule has 1 aromatic carbocycles. The molecule has 1 aliphatic heterocycles. The van der Waals surface area contributed by atoms with Crippen LogP contribution in [0.25, 0.3) is 0 Å². The van der Waals surface area contributed by atoms with Crippen molar-refractivity contribution in [2.75, 3.05) is 0 Å². The Bertz CT molecular complexity index is 490. The molecule has 21 heavy (non-hydrogen) atoms. The Morgan fingerprint density at radius 2 is 1.71 bits per heavy atom. The molecular formula is C19H29NO. The van der Waals surface area contributed by atoms with Crippen LogP contribution in [-0.4, -0.2) is 5.54 Å². The van der Waals surface area contributed by atoms with Crippen LogP contribution >= 0.6 is 0 Å². The first-order chi connectivity index (χ1) is 10.1. The van der Waals surface area contributed by atoms with Gasteiger partial charge in [-0.3, -0.25) is 0 Å². The summed E-state index contributed by atoms with van der Waals surface area (Å²) in [6.07, 6.45) is 7.08. The maximum Gasteiger partial charge on any atom is 0.116 e. The van der Waals surface area contributed by atoms with Crippen molar-refractivity contribution in [3.63, 3.8) is 0 Å². The molecule has 0 amide bonds. The Kier molecular flexibility index (Phi) is 4.11. The second kappa shape index (κ2) is 5.73. The lowest BCUT2D eigenvalue weighted by atomic mass is 9.75. The number of hydroxylamine groups is 2. The van der Waals surface area contributed by atoms with E-state index in [2.05, 4.69) is 45.0 Å². The van der Waals surface area contributed by atoms with Gasteiger partial charge in [-0.05, 0) is 24.3 Å². The lowest BCUT2D eigenvalue weighted by Crippen LogP contribution is -3.17. The van der Waals surface area contributed by atoms with Crippen molar-refractivity contribution < 1.29 is 5.06 Å². The van der Waals surface area contributed by atoms with E-state index in [1.54, 1.807) is 0 Å². The summed E-state index contributed by atoms with van der Waals surface area (Å²) >= 11 is 0. The van der Waals surface area contributed by atoms with Gasteiger partial charge < -0.3 is 10.3 Å². The van der Waals surface area contributed by atoms with Gasteiger partial charge in [-0.25, -0.2) is 0 Å². The van der Waals surface area contributed by atoms with Gasteiger partial charge in [0.15, 0.2) is 0 Å². The summed E-state index contributed by atoms with van der Waals surface area (Å²) in [5.41, 5.74) is 2.70. The summed E-state index contributed by atoms with van der Waals surface area (Å²) in [7, 11) is 0. The van der Waals surface area contributed by atoms with Crippen LogP contribution in [-0.2, 0) is 0 Å². The normalized spacial score (nSPS) is 32.0. The molecule has 2 heteroatoms. The molecule has 1 heterocycles. The molecule has 2 unspecified atom stereocenters. The van der Waals surface area contributed by atoms with Crippen LogP contribution in [0.1, 0.15) is 82.4 Å². The predicted octanol–water partition coefficient (Wildman–Crippen LogP) is 3.98. The smallest absolute Gasteiger partial charge is 0.116 e. The number of benzene rings is 1. The van der Waals surface area contributed by atoms with E-state index in [9.17, 15) is 5.21 Å². The average molecular weight is 287 g/mol. The molecule has 1 fully saturated rings. The lowest BCUT2D eigenvalue weighted by Gasteiger charge is -2.50. The zero-order valence-electron chi connectivity index (χ0n) is 13.7. The van der Waals surface area contributed by atoms with Crippen LogP contribution < -0.4 is 5.06 Å². The highest BCUT2D eigenvalue weighted by molar-refractivity contribution is 5.33. The fourth-order valence-corrected chi connectivity index (χ4v) is 4.85. The molecule has 0 saturated heterocycles. The molecule has 1 aliphatic carbocycles. The zero-order valence-corrected chi connectivity index (χ0v) is 13.7. The molecule has 1 saturated carbocycles.